The molecule has 0 amide bonds. The zero-order chi connectivity index (χ0) is 17.8. The number of nitrogens with zero attached hydrogens (tertiary/aromatic N) is 5. The Balaban J connectivity index is 1.44. The quantitative estimate of drug-likeness (QED) is 0.537. The van der Waals surface area contributed by atoms with Gasteiger partial charge in [-0.1, -0.05) is 42.5 Å². The smallest absolute Gasteiger partial charge is 0.0951 e. The van der Waals surface area contributed by atoms with Gasteiger partial charge in [0.1, 0.15) is 0 Å². The van der Waals surface area contributed by atoms with E-state index in [1.807, 2.05) is 49.1 Å². The molecule has 130 valence electrons. The van der Waals surface area contributed by atoms with Crippen LogP contribution >= 0.6 is 0 Å². The Morgan fingerprint density at radius 1 is 0.885 bits per heavy atom. The topological polar surface area (TPSA) is 46.8 Å². The van der Waals surface area contributed by atoms with E-state index in [2.05, 4.69) is 50.7 Å². The first-order chi connectivity index (χ1) is 12.8. The van der Waals surface area contributed by atoms with Crippen LogP contribution in [0.3, 0.4) is 0 Å². The van der Waals surface area contributed by atoms with E-state index >= 15 is 0 Å². The number of rotatable bonds is 6. The molecule has 0 fully saturated rings. The van der Waals surface area contributed by atoms with Crippen molar-refractivity contribution in [3.63, 3.8) is 0 Å². The van der Waals surface area contributed by atoms with Crippen LogP contribution in [0.4, 0.5) is 0 Å². The highest BCUT2D eigenvalue weighted by Crippen LogP contribution is 2.12. The maximum atomic E-state index is 4.71. The van der Waals surface area contributed by atoms with Crippen molar-refractivity contribution in [1.82, 2.24) is 24.4 Å². The highest BCUT2D eigenvalue weighted by Gasteiger charge is 2.09. The van der Waals surface area contributed by atoms with Crippen LogP contribution in [0.5, 0.6) is 0 Å². The molecule has 0 aliphatic heterocycles. The molecule has 5 heteroatoms. The lowest BCUT2D eigenvalue weighted by molar-refractivity contribution is 0.306. The highest BCUT2D eigenvalue weighted by atomic mass is 15.1. The minimum Gasteiger partial charge on any atom is -0.329 e. The first kappa shape index (κ1) is 16.4. The second kappa shape index (κ2) is 7.45. The van der Waals surface area contributed by atoms with E-state index < -0.39 is 0 Å². The third-order valence-electron chi connectivity index (χ3n) is 4.36. The van der Waals surface area contributed by atoms with Gasteiger partial charge >= 0.3 is 0 Å². The molecular formula is C21H21N5. The highest BCUT2D eigenvalue weighted by molar-refractivity contribution is 5.73. The summed E-state index contributed by atoms with van der Waals surface area (Å²) < 4.78 is 2.19. The summed E-state index contributed by atoms with van der Waals surface area (Å²) in [7, 11) is 2.09. The third kappa shape index (κ3) is 3.78. The minimum atomic E-state index is 0.744. The summed E-state index contributed by atoms with van der Waals surface area (Å²) in [6.07, 6.45) is 5.69. The summed E-state index contributed by atoms with van der Waals surface area (Å²) >= 11 is 0. The number of fused-ring (bicyclic) bond motifs is 1. The fourth-order valence-electron chi connectivity index (χ4n) is 3.08. The molecule has 26 heavy (non-hydrogen) atoms. The largest absolute Gasteiger partial charge is 0.329 e. The molecule has 0 saturated carbocycles. The van der Waals surface area contributed by atoms with Crippen LogP contribution < -0.4 is 0 Å². The molecule has 5 nitrogen and oxygen atoms in total. The molecule has 2 heterocycles. The summed E-state index contributed by atoms with van der Waals surface area (Å²) in [5, 5.41) is 0. The van der Waals surface area contributed by atoms with E-state index in [0.717, 1.165) is 36.4 Å². The molecule has 0 aliphatic rings. The lowest BCUT2D eigenvalue weighted by Crippen LogP contribution is -2.20. The first-order valence-corrected chi connectivity index (χ1v) is 8.70. The van der Waals surface area contributed by atoms with Crippen LogP contribution in [-0.2, 0) is 19.6 Å². The number of imidazole rings is 1. The Morgan fingerprint density at radius 2 is 1.65 bits per heavy atom. The van der Waals surface area contributed by atoms with Gasteiger partial charge in [-0.2, -0.15) is 0 Å². The van der Waals surface area contributed by atoms with Crippen molar-refractivity contribution >= 4 is 11.0 Å². The van der Waals surface area contributed by atoms with E-state index in [-0.39, 0.29) is 0 Å². The van der Waals surface area contributed by atoms with Crippen molar-refractivity contribution in [1.29, 1.82) is 0 Å². The van der Waals surface area contributed by atoms with Crippen molar-refractivity contribution < 1.29 is 0 Å². The number of hydrogen-bond donors (Lipinski definition) is 0. The van der Waals surface area contributed by atoms with Gasteiger partial charge in [0.25, 0.3) is 0 Å². The van der Waals surface area contributed by atoms with Crippen molar-refractivity contribution in [2.75, 3.05) is 7.05 Å². The summed E-state index contributed by atoms with van der Waals surface area (Å²) in [6.45, 7) is 2.38. The monoisotopic (exact) mass is 343 g/mol. The van der Waals surface area contributed by atoms with Gasteiger partial charge < -0.3 is 4.57 Å². The summed E-state index contributed by atoms with van der Waals surface area (Å²) in [5.74, 6) is 0. The summed E-state index contributed by atoms with van der Waals surface area (Å²) in [4.78, 5) is 15.8. The Morgan fingerprint density at radius 3 is 2.50 bits per heavy atom. The fraction of sp³-hybridized carbons (Fsp3) is 0.190. The van der Waals surface area contributed by atoms with Crippen molar-refractivity contribution in [3.8, 4) is 0 Å². The standard InChI is InChI=1S/C21H21N5/c1-25(14-18-11-23-20-9-5-6-10-21(20)24-18)15-19-12-22-16-26(19)13-17-7-3-2-4-8-17/h2-12,16H,13-15H2,1H3. The third-order valence-corrected chi connectivity index (χ3v) is 4.36. The number of hydrogen-bond acceptors (Lipinski definition) is 4. The van der Waals surface area contributed by atoms with Crippen LogP contribution in [0.25, 0.3) is 11.0 Å². The first-order valence-electron chi connectivity index (χ1n) is 8.70. The van der Waals surface area contributed by atoms with Gasteiger partial charge in [-0.05, 0) is 24.7 Å². The van der Waals surface area contributed by atoms with Gasteiger partial charge in [-0.25, -0.2) is 9.97 Å². The second-order valence-electron chi connectivity index (χ2n) is 6.52. The van der Waals surface area contributed by atoms with Crippen LogP contribution in [0.2, 0.25) is 0 Å². The number of para-hydroxylation sites is 2. The molecule has 0 spiro atoms. The van der Waals surface area contributed by atoms with E-state index in [1.54, 1.807) is 0 Å². The number of aromatic nitrogens is 4. The molecule has 0 unspecified atom stereocenters. The van der Waals surface area contributed by atoms with Gasteiger partial charge in [-0.15, -0.1) is 0 Å². The maximum absolute atomic E-state index is 4.71. The molecule has 4 rings (SSSR count). The maximum Gasteiger partial charge on any atom is 0.0951 e. The normalized spacial score (nSPS) is 11.3. The fourth-order valence-corrected chi connectivity index (χ4v) is 3.08. The Bertz CT molecular complexity index is 993. The average molecular weight is 343 g/mol. The zero-order valence-electron chi connectivity index (χ0n) is 14.8. The summed E-state index contributed by atoms with van der Waals surface area (Å²) in [6, 6.07) is 18.4. The van der Waals surface area contributed by atoms with Crippen molar-refractivity contribution in [2.24, 2.45) is 0 Å². The average Bonchev–Trinajstić information content (AvgIpc) is 3.09. The Hall–Kier alpha value is -3.05. The van der Waals surface area contributed by atoms with E-state index in [0.29, 0.717) is 0 Å². The lowest BCUT2D eigenvalue weighted by atomic mass is 10.2. The van der Waals surface area contributed by atoms with Crippen molar-refractivity contribution in [2.45, 2.75) is 19.6 Å². The molecule has 0 radical (unpaired) electrons. The Kier molecular flexibility index (Phi) is 4.71. The van der Waals surface area contributed by atoms with Crippen LogP contribution in [-0.4, -0.2) is 31.5 Å². The van der Waals surface area contributed by atoms with Gasteiger partial charge in [-0.3, -0.25) is 9.88 Å². The van der Waals surface area contributed by atoms with Crippen LogP contribution in [0.15, 0.2) is 73.3 Å². The molecule has 0 atom stereocenters. The predicted octanol–water partition coefficient (Wildman–Crippen LogP) is 3.51. The summed E-state index contributed by atoms with van der Waals surface area (Å²) in [5.41, 5.74) is 5.30. The van der Waals surface area contributed by atoms with Gasteiger partial charge in [0, 0.05) is 25.8 Å². The molecular weight excluding hydrogens is 322 g/mol. The molecule has 2 aromatic carbocycles. The molecule has 2 aromatic heterocycles. The molecule has 4 aromatic rings. The van der Waals surface area contributed by atoms with Crippen LogP contribution in [0, 0.1) is 0 Å². The molecule has 0 bridgehead atoms. The van der Waals surface area contributed by atoms with Gasteiger partial charge in [0.2, 0.25) is 0 Å². The lowest BCUT2D eigenvalue weighted by Gasteiger charge is -2.17. The van der Waals surface area contributed by atoms with Gasteiger partial charge in [0.15, 0.2) is 0 Å². The van der Waals surface area contributed by atoms with E-state index in [9.17, 15) is 0 Å². The van der Waals surface area contributed by atoms with Crippen LogP contribution in [0.1, 0.15) is 17.0 Å². The minimum absolute atomic E-state index is 0.744. The zero-order valence-corrected chi connectivity index (χ0v) is 14.8. The second-order valence-corrected chi connectivity index (χ2v) is 6.52. The predicted molar refractivity (Wildman–Crippen MR) is 102 cm³/mol. The Labute approximate surface area is 153 Å². The van der Waals surface area contributed by atoms with E-state index in [1.165, 1.54) is 11.3 Å². The molecule has 0 aliphatic carbocycles. The van der Waals surface area contributed by atoms with E-state index in [4.69, 9.17) is 4.98 Å². The SMILES string of the molecule is CN(Cc1cnc2ccccc2n1)Cc1cncn1Cc1ccccc1. The molecule has 0 N–H and O–H groups in total. The number of benzene rings is 2. The van der Waals surface area contributed by atoms with Gasteiger partial charge in [0.05, 0.1) is 34.9 Å². The molecule has 0 saturated heterocycles. The van der Waals surface area contributed by atoms with Crippen molar-refractivity contribution in [3.05, 3.63) is 90.3 Å².